The van der Waals surface area contributed by atoms with Gasteiger partial charge in [0.15, 0.2) is 0 Å². The molecule has 0 bridgehead atoms. The summed E-state index contributed by atoms with van der Waals surface area (Å²) in [5, 5.41) is 0. The number of carbonyl (C=O) groups is 1. The number of epoxide rings is 1. The molecule has 0 spiro atoms. The zero-order chi connectivity index (χ0) is 11.9. The Labute approximate surface area is 103 Å². The molecule has 3 heteroatoms. The smallest absolute Gasteiger partial charge is 0.312 e. The van der Waals surface area contributed by atoms with Gasteiger partial charge in [0, 0.05) is 0 Å². The molecule has 0 N–H and O–H groups in total. The molecule has 0 radical (unpaired) electrons. The maximum atomic E-state index is 12.3. The zero-order valence-corrected chi connectivity index (χ0v) is 10.6. The number of hydrogen-bond donors (Lipinski definition) is 0. The lowest BCUT2D eigenvalue weighted by atomic mass is 9.76. The van der Waals surface area contributed by atoms with E-state index in [0.717, 1.165) is 32.1 Å². The van der Waals surface area contributed by atoms with Crippen molar-refractivity contribution in [1.29, 1.82) is 0 Å². The maximum absolute atomic E-state index is 12.3. The van der Waals surface area contributed by atoms with Gasteiger partial charge in [-0.05, 0) is 51.9 Å². The van der Waals surface area contributed by atoms with E-state index in [2.05, 4.69) is 6.92 Å². The van der Waals surface area contributed by atoms with Gasteiger partial charge in [0.25, 0.3) is 0 Å². The summed E-state index contributed by atoms with van der Waals surface area (Å²) in [7, 11) is 0. The van der Waals surface area contributed by atoms with E-state index >= 15 is 0 Å². The second-order valence-corrected chi connectivity index (χ2v) is 6.18. The molecule has 0 aromatic rings. The third-order valence-electron chi connectivity index (χ3n) is 4.64. The highest BCUT2D eigenvalue weighted by Crippen LogP contribution is 2.47. The highest BCUT2D eigenvalue weighted by atomic mass is 16.6. The van der Waals surface area contributed by atoms with Gasteiger partial charge < -0.3 is 9.47 Å². The summed E-state index contributed by atoms with van der Waals surface area (Å²) in [6, 6.07) is 0. The van der Waals surface area contributed by atoms with Gasteiger partial charge in [-0.25, -0.2) is 0 Å². The highest BCUT2D eigenvalue weighted by Gasteiger charge is 2.52. The molecule has 3 nitrogen and oxygen atoms in total. The van der Waals surface area contributed by atoms with Crippen LogP contribution in [-0.2, 0) is 14.3 Å². The molecule has 2 aliphatic carbocycles. The first-order valence-corrected chi connectivity index (χ1v) is 7.04. The van der Waals surface area contributed by atoms with Crippen LogP contribution in [0.3, 0.4) is 0 Å². The number of hydrogen-bond acceptors (Lipinski definition) is 3. The van der Waals surface area contributed by atoms with E-state index in [9.17, 15) is 4.79 Å². The van der Waals surface area contributed by atoms with E-state index in [1.54, 1.807) is 0 Å². The fourth-order valence-corrected chi connectivity index (χ4v) is 3.28. The van der Waals surface area contributed by atoms with Crippen molar-refractivity contribution in [2.45, 2.75) is 76.6 Å². The topological polar surface area (TPSA) is 38.8 Å². The van der Waals surface area contributed by atoms with Gasteiger partial charge in [-0.15, -0.1) is 0 Å². The fourth-order valence-electron chi connectivity index (χ4n) is 3.28. The largest absolute Gasteiger partial charge is 0.462 e. The highest BCUT2D eigenvalue weighted by molar-refractivity contribution is 5.77. The molecule has 3 aliphatic rings. The average molecular weight is 238 g/mol. The van der Waals surface area contributed by atoms with Crippen LogP contribution in [0, 0.1) is 5.41 Å². The van der Waals surface area contributed by atoms with Crippen molar-refractivity contribution >= 4 is 5.97 Å². The van der Waals surface area contributed by atoms with E-state index in [4.69, 9.17) is 9.47 Å². The van der Waals surface area contributed by atoms with E-state index in [1.807, 2.05) is 0 Å². The van der Waals surface area contributed by atoms with Crippen LogP contribution in [0.1, 0.15) is 58.3 Å². The third kappa shape index (κ3) is 2.35. The van der Waals surface area contributed by atoms with Crippen LogP contribution in [0.2, 0.25) is 0 Å². The molecule has 96 valence electrons. The van der Waals surface area contributed by atoms with Gasteiger partial charge in [0.2, 0.25) is 0 Å². The van der Waals surface area contributed by atoms with Crippen molar-refractivity contribution in [3.8, 4) is 0 Å². The molecule has 3 fully saturated rings. The average Bonchev–Trinajstić information content (AvgIpc) is 3.08. The maximum Gasteiger partial charge on any atom is 0.312 e. The zero-order valence-electron chi connectivity index (χ0n) is 10.6. The normalized spacial score (nSPS) is 41.7. The first-order chi connectivity index (χ1) is 8.17. The Kier molecular flexibility index (Phi) is 2.89. The van der Waals surface area contributed by atoms with Gasteiger partial charge in [-0.2, -0.15) is 0 Å². The van der Waals surface area contributed by atoms with Gasteiger partial charge in [0.05, 0.1) is 17.6 Å². The minimum absolute atomic E-state index is 0.0263. The number of esters is 1. The Hall–Kier alpha value is -0.570. The van der Waals surface area contributed by atoms with E-state index in [0.29, 0.717) is 12.2 Å². The summed E-state index contributed by atoms with van der Waals surface area (Å²) in [6.45, 7) is 2.05. The molecule has 1 heterocycles. The molecule has 3 rings (SSSR count). The molecule has 2 saturated carbocycles. The second kappa shape index (κ2) is 4.27. The van der Waals surface area contributed by atoms with E-state index < -0.39 is 0 Å². The minimum Gasteiger partial charge on any atom is -0.462 e. The van der Waals surface area contributed by atoms with Gasteiger partial charge in [0.1, 0.15) is 6.10 Å². The van der Waals surface area contributed by atoms with Crippen LogP contribution in [-0.4, -0.2) is 24.3 Å². The summed E-state index contributed by atoms with van der Waals surface area (Å²) < 4.78 is 11.2. The Bertz CT molecular complexity index is 309. The Morgan fingerprint density at radius 3 is 2.65 bits per heavy atom. The van der Waals surface area contributed by atoms with E-state index in [-0.39, 0.29) is 17.5 Å². The van der Waals surface area contributed by atoms with Crippen molar-refractivity contribution < 1.29 is 14.3 Å². The number of carbonyl (C=O) groups excluding carboxylic acids is 1. The van der Waals surface area contributed by atoms with Crippen molar-refractivity contribution in [2.24, 2.45) is 5.41 Å². The fraction of sp³-hybridized carbons (Fsp3) is 0.929. The van der Waals surface area contributed by atoms with Crippen molar-refractivity contribution in [2.75, 3.05) is 0 Å². The monoisotopic (exact) mass is 238 g/mol. The van der Waals surface area contributed by atoms with Crippen LogP contribution in [0.15, 0.2) is 0 Å². The lowest BCUT2D eigenvalue weighted by molar-refractivity contribution is -0.163. The summed E-state index contributed by atoms with van der Waals surface area (Å²) in [5.74, 6) is 0.0263. The van der Waals surface area contributed by atoms with Crippen LogP contribution in [0.4, 0.5) is 0 Å². The standard InChI is InChI=1S/C14H22O3/c1-14(8-7-11-12(9-14)17-11)13(15)16-10-5-3-2-4-6-10/h10-12H,2-9H2,1H3. The molecule has 0 amide bonds. The first-order valence-electron chi connectivity index (χ1n) is 7.04. The first kappa shape index (κ1) is 11.5. The second-order valence-electron chi connectivity index (χ2n) is 6.18. The number of fused-ring (bicyclic) bond motifs is 1. The van der Waals surface area contributed by atoms with Gasteiger partial charge in [-0.3, -0.25) is 4.79 Å². The van der Waals surface area contributed by atoms with Gasteiger partial charge in [-0.1, -0.05) is 6.42 Å². The summed E-state index contributed by atoms with van der Waals surface area (Å²) in [5.41, 5.74) is -0.283. The lowest BCUT2D eigenvalue weighted by Gasteiger charge is -2.32. The molecule has 1 saturated heterocycles. The quantitative estimate of drug-likeness (QED) is 0.548. The number of rotatable bonds is 2. The Morgan fingerprint density at radius 2 is 1.94 bits per heavy atom. The Balaban J connectivity index is 1.56. The molecule has 0 aromatic carbocycles. The Morgan fingerprint density at radius 1 is 1.18 bits per heavy atom. The minimum atomic E-state index is -0.283. The van der Waals surface area contributed by atoms with Crippen LogP contribution >= 0.6 is 0 Å². The van der Waals surface area contributed by atoms with Crippen molar-refractivity contribution in [3.63, 3.8) is 0 Å². The predicted molar refractivity (Wildman–Crippen MR) is 63.6 cm³/mol. The summed E-state index contributed by atoms with van der Waals surface area (Å²) >= 11 is 0. The molecular weight excluding hydrogens is 216 g/mol. The van der Waals surface area contributed by atoms with E-state index in [1.165, 1.54) is 19.3 Å². The molecule has 3 unspecified atom stereocenters. The lowest BCUT2D eigenvalue weighted by Crippen LogP contribution is -2.37. The molecule has 1 aliphatic heterocycles. The molecule has 3 atom stereocenters. The van der Waals surface area contributed by atoms with Gasteiger partial charge >= 0.3 is 5.97 Å². The number of ether oxygens (including phenoxy) is 2. The van der Waals surface area contributed by atoms with Crippen LogP contribution in [0.25, 0.3) is 0 Å². The van der Waals surface area contributed by atoms with Crippen molar-refractivity contribution in [1.82, 2.24) is 0 Å². The van der Waals surface area contributed by atoms with Crippen molar-refractivity contribution in [3.05, 3.63) is 0 Å². The summed E-state index contributed by atoms with van der Waals surface area (Å²) in [4.78, 5) is 12.3. The summed E-state index contributed by atoms with van der Waals surface area (Å²) in [6.07, 6.45) is 9.64. The molecular formula is C14H22O3. The SMILES string of the molecule is CC1(C(=O)OC2CCCCC2)CCC2OC2C1. The third-order valence-corrected chi connectivity index (χ3v) is 4.64. The predicted octanol–water partition coefficient (Wildman–Crippen LogP) is 2.82. The molecule has 0 aromatic heterocycles. The van der Waals surface area contributed by atoms with Crippen LogP contribution in [0.5, 0.6) is 0 Å². The van der Waals surface area contributed by atoms with Crippen LogP contribution < -0.4 is 0 Å². The molecule has 17 heavy (non-hydrogen) atoms.